The number of fused-ring (bicyclic) bond motifs is 1. The van der Waals surface area contributed by atoms with Gasteiger partial charge in [-0.2, -0.15) is 5.10 Å². The minimum absolute atomic E-state index is 0.0707. The number of hydrogen-bond acceptors (Lipinski definition) is 4. The van der Waals surface area contributed by atoms with Gasteiger partial charge in [-0.05, 0) is 22.8 Å². The Morgan fingerprint density at radius 1 is 1.17 bits per heavy atom. The van der Waals surface area contributed by atoms with Crippen molar-refractivity contribution in [3.8, 4) is 5.75 Å². The van der Waals surface area contributed by atoms with Crippen molar-refractivity contribution in [2.75, 3.05) is 6.54 Å². The number of benzene rings is 2. The van der Waals surface area contributed by atoms with Crippen LogP contribution in [0.15, 0.2) is 41.5 Å². The Kier molecular flexibility index (Phi) is 5.89. The minimum Gasteiger partial charge on any atom is -0.507 e. The van der Waals surface area contributed by atoms with E-state index in [1.54, 1.807) is 12.1 Å². The van der Waals surface area contributed by atoms with E-state index in [-0.39, 0.29) is 18.1 Å². The molecule has 3 N–H and O–H groups in total. The molecule has 0 saturated heterocycles. The molecule has 0 aromatic heterocycles. The number of phenols is 1. The van der Waals surface area contributed by atoms with Gasteiger partial charge in [0.05, 0.1) is 6.21 Å². The van der Waals surface area contributed by atoms with Crippen LogP contribution in [0.25, 0.3) is 10.8 Å². The molecule has 126 valence electrons. The van der Waals surface area contributed by atoms with Gasteiger partial charge in [0.1, 0.15) is 12.2 Å². The van der Waals surface area contributed by atoms with Crippen LogP contribution in [0.4, 0.5) is 0 Å². The minimum atomic E-state index is -0.507. The molecule has 24 heavy (non-hydrogen) atoms. The number of amides is 2. The van der Waals surface area contributed by atoms with Gasteiger partial charge in [-0.1, -0.05) is 44.2 Å². The standard InChI is InChI=1S/C18H21N3O3/c1-12(2)10-19-17(23)9-18(24)21-20-11-15-14-6-4-3-5-13(14)7-8-16(15)22/h3-8,11-12,22H,9-10H2,1-2H3,(H,19,23)(H,21,24)/b20-11+. The lowest BCUT2D eigenvalue weighted by Gasteiger charge is -2.07. The summed E-state index contributed by atoms with van der Waals surface area (Å²) in [5.41, 5.74) is 2.81. The maximum absolute atomic E-state index is 11.7. The van der Waals surface area contributed by atoms with Crippen molar-refractivity contribution >= 4 is 28.8 Å². The fourth-order valence-corrected chi connectivity index (χ4v) is 2.15. The van der Waals surface area contributed by atoms with Crippen molar-refractivity contribution in [2.45, 2.75) is 20.3 Å². The number of nitrogens with zero attached hydrogens (tertiary/aromatic N) is 1. The number of hydrogen-bond donors (Lipinski definition) is 3. The molecule has 2 amide bonds. The lowest BCUT2D eigenvalue weighted by atomic mass is 10.0. The van der Waals surface area contributed by atoms with Crippen molar-refractivity contribution in [1.82, 2.24) is 10.7 Å². The van der Waals surface area contributed by atoms with Crippen LogP contribution >= 0.6 is 0 Å². The maximum atomic E-state index is 11.7. The Morgan fingerprint density at radius 3 is 2.67 bits per heavy atom. The molecule has 0 aliphatic heterocycles. The molecule has 0 heterocycles. The zero-order chi connectivity index (χ0) is 17.5. The van der Waals surface area contributed by atoms with E-state index in [0.29, 0.717) is 18.0 Å². The summed E-state index contributed by atoms with van der Waals surface area (Å²) in [5.74, 6) is -0.456. The summed E-state index contributed by atoms with van der Waals surface area (Å²) in [6, 6.07) is 10.9. The van der Waals surface area contributed by atoms with Crippen molar-refractivity contribution in [2.24, 2.45) is 11.0 Å². The fourth-order valence-electron chi connectivity index (χ4n) is 2.15. The molecule has 0 aliphatic rings. The number of aromatic hydroxyl groups is 1. The first-order valence-electron chi connectivity index (χ1n) is 7.76. The molecule has 0 radical (unpaired) electrons. The lowest BCUT2D eigenvalue weighted by molar-refractivity contribution is -0.129. The molecule has 0 atom stereocenters. The van der Waals surface area contributed by atoms with Crippen LogP contribution in [0.3, 0.4) is 0 Å². The van der Waals surface area contributed by atoms with Gasteiger partial charge in [-0.25, -0.2) is 5.43 Å². The molecule has 0 unspecified atom stereocenters. The third-order valence-electron chi connectivity index (χ3n) is 3.36. The quantitative estimate of drug-likeness (QED) is 0.431. The SMILES string of the molecule is CC(C)CNC(=O)CC(=O)N/N=C/c1c(O)ccc2ccccc12. The second-order valence-electron chi connectivity index (χ2n) is 5.89. The summed E-state index contributed by atoms with van der Waals surface area (Å²) in [5, 5.41) is 18.3. The van der Waals surface area contributed by atoms with Crippen LogP contribution in [0.1, 0.15) is 25.8 Å². The predicted octanol–water partition coefficient (Wildman–Crippen LogP) is 2.16. The molecule has 6 heteroatoms. The smallest absolute Gasteiger partial charge is 0.249 e. The highest BCUT2D eigenvalue weighted by atomic mass is 16.3. The molecular formula is C18H21N3O3. The first-order chi connectivity index (χ1) is 11.5. The molecule has 0 fully saturated rings. The van der Waals surface area contributed by atoms with Gasteiger partial charge in [-0.15, -0.1) is 0 Å². The topological polar surface area (TPSA) is 90.8 Å². The van der Waals surface area contributed by atoms with Crippen LogP contribution in [0.5, 0.6) is 5.75 Å². The number of hydrazone groups is 1. The van der Waals surface area contributed by atoms with Gasteiger partial charge in [-0.3, -0.25) is 9.59 Å². The molecule has 0 bridgehead atoms. The highest BCUT2D eigenvalue weighted by Gasteiger charge is 2.09. The van der Waals surface area contributed by atoms with Crippen LogP contribution in [-0.4, -0.2) is 29.7 Å². The summed E-state index contributed by atoms with van der Waals surface area (Å²) < 4.78 is 0. The van der Waals surface area contributed by atoms with E-state index < -0.39 is 5.91 Å². The van der Waals surface area contributed by atoms with Gasteiger partial charge in [0.2, 0.25) is 11.8 Å². The number of carbonyl (C=O) groups is 2. The first kappa shape index (κ1) is 17.5. The Bertz CT molecular complexity index is 769. The van der Waals surface area contributed by atoms with Gasteiger partial charge in [0.15, 0.2) is 0 Å². The maximum Gasteiger partial charge on any atom is 0.249 e. The van der Waals surface area contributed by atoms with Crippen LogP contribution in [0, 0.1) is 5.92 Å². The van der Waals surface area contributed by atoms with Crippen LogP contribution < -0.4 is 10.7 Å². The Balaban J connectivity index is 1.98. The molecule has 0 aliphatic carbocycles. The zero-order valence-corrected chi connectivity index (χ0v) is 13.7. The highest BCUT2D eigenvalue weighted by Crippen LogP contribution is 2.25. The molecule has 2 aromatic carbocycles. The van der Waals surface area contributed by atoms with E-state index in [1.165, 1.54) is 6.21 Å². The summed E-state index contributed by atoms with van der Waals surface area (Å²) in [7, 11) is 0. The highest BCUT2D eigenvalue weighted by molar-refractivity contribution is 6.03. The zero-order valence-electron chi connectivity index (χ0n) is 13.7. The van der Waals surface area contributed by atoms with Crippen molar-refractivity contribution in [3.63, 3.8) is 0 Å². The van der Waals surface area contributed by atoms with Crippen LogP contribution in [-0.2, 0) is 9.59 Å². The molecule has 0 saturated carbocycles. The number of rotatable bonds is 6. The fraction of sp³-hybridized carbons (Fsp3) is 0.278. The third kappa shape index (κ3) is 4.81. The Labute approximate surface area is 140 Å². The molecule has 2 aromatic rings. The Hall–Kier alpha value is -2.89. The van der Waals surface area contributed by atoms with Gasteiger partial charge >= 0.3 is 0 Å². The average Bonchev–Trinajstić information content (AvgIpc) is 2.55. The number of phenolic OH excluding ortho intramolecular Hbond substituents is 1. The molecule has 0 spiro atoms. The number of carbonyl (C=O) groups excluding carboxylic acids is 2. The second-order valence-corrected chi connectivity index (χ2v) is 5.89. The van der Waals surface area contributed by atoms with Gasteiger partial charge in [0.25, 0.3) is 0 Å². The molecule has 2 rings (SSSR count). The lowest BCUT2D eigenvalue weighted by Crippen LogP contribution is -2.32. The van der Waals surface area contributed by atoms with Crippen LogP contribution in [0.2, 0.25) is 0 Å². The predicted molar refractivity (Wildman–Crippen MR) is 93.8 cm³/mol. The average molecular weight is 327 g/mol. The van der Waals surface area contributed by atoms with Gasteiger partial charge in [0, 0.05) is 12.1 Å². The second kappa shape index (κ2) is 8.10. The molecular weight excluding hydrogens is 306 g/mol. The van der Waals surface area contributed by atoms with Crippen molar-refractivity contribution in [3.05, 3.63) is 42.0 Å². The number of nitrogens with one attached hydrogen (secondary N) is 2. The third-order valence-corrected chi connectivity index (χ3v) is 3.36. The summed E-state index contributed by atoms with van der Waals surface area (Å²) in [6.45, 7) is 4.47. The van der Waals surface area contributed by atoms with E-state index >= 15 is 0 Å². The summed E-state index contributed by atoms with van der Waals surface area (Å²) >= 11 is 0. The summed E-state index contributed by atoms with van der Waals surface area (Å²) in [4.78, 5) is 23.2. The molecule has 6 nitrogen and oxygen atoms in total. The van der Waals surface area contributed by atoms with E-state index in [1.807, 2.05) is 38.1 Å². The van der Waals surface area contributed by atoms with E-state index in [2.05, 4.69) is 15.8 Å². The van der Waals surface area contributed by atoms with Crippen molar-refractivity contribution in [1.29, 1.82) is 0 Å². The summed E-state index contributed by atoms with van der Waals surface area (Å²) in [6.07, 6.45) is 1.09. The van der Waals surface area contributed by atoms with Gasteiger partial charge < -0.3 is 10.4 Å². The van der Waals surface area contributed by atoms with E-state index in [0.717, 1.165) is 10.8 Å². The van der Waals surface area contributed by atoms with Crippen molar-refractivity contribution < 1.29 is 14.7 Å². The largest absolute Gasteiger partial charge is 0.507 e. The monoisotopic (exact) mass is 327 g/mol. The van der Waals surface area contributed by atoms with E-state index in [4.69, 9.17) is 0 Å². The first-order valence-corrected chi connectivity index (χ1v) is 7.76. The normalized spacial score (nSPS) is 11.1. The van der Waals surface area contributed by atoms with E-state index in [9.17, 15) is 14.7 Å². The Morgan fingerprint density at radius 2 is 1.92 bits per heavy atom.